The van der Waals surface area contributed by atoms with Crippen molar-refractivity contribution in [2.75, 3.05) is 20.8 Å². The Morgan fingerprint density at radius 1 is 0.507 bits per heavy atom. The number of carbonyl (C=O) groups excluding carboxylic acids is 2. The number of nitrogens with zero attached hydrogens (tertiary/aromatic N) is 9. The Balaban J connectivity index is 0.000000822. The molecule has 3 aromatic carbocycles. The van der Waals surface area contributed by atoms with Gasteiger partial charge >= 0.3 is 11.9 Å². The first-order valence-electron chi connectivity index (χ1n) is 21.0. The number of esters is 2. The molecule has 7 aromatic rings. The molecule has 366 valence electrons. The lowest BCUT2D eigenvalue weighted by atomic mass is 10.1. The molecule has 0 aliphatic rings. The molecule has 23 nitrogen and oxygen atoms in total. The molecule has 0 spiro atoms. The highest BCUT2D eigenvalue weighted by Crippen LogP contribution is 2.22. The van der Waals surface area contributed by atoms with Gasteiger partial charge in [0.15, 0.2) is 50.3 Å². The van der Waals surface area contributed by atoms with Crippen molar-refractivity contribution in [2.24, 2.45) is 10.2 Å². The van der Waals surface area contributed by atoms with Gasteiger partial charge in [-0.1, -0.05) is 24.3 Å². The second-order valence-corrected chi connectivity index (χ2v) is 14.6. The third kappa shape index (κ3) is 19.9. The van der Waals surface area contributed by atoms with Crippen molar-refractivity contribution in [1.29, 1.82) is 0 Å². The quantitative estimate of drug-likeness (QED) is 0.0226. The molecule has 0 atom stereocenters. The van der Waals surface area contributed by atoms with Crippen LogP contribution in [0.5, 0.6) is 5.75 Å². The number of unbranched alkanes of at least 4 members (excludes halogenated alkanes) is 1. The van der Waals surface area contributed by atoms with Gasteiger partial charge in [-0.25, -0.2) is 23.3 Å². The van der Waals surface area contributed by atoms with Gasteiger partial charge in [-0.3, -0.25) is 4.98 Å². The molecular formula is C48H45N9O14. The molecule has 23 heteroatoms. The molecule has 0 bridgehead atoms. The maximum absolute atomic E-state index is 12.0. The van der Waals surface area contributed by atoms with Gasteiger partial charge in [0.2, 0.25) is 0 Å². The fourth-order valence-electron chi connectivity index (χ4n) is 6.47. The van der Waals surface area contributed by atoms with E-state index in [-0.39, 0.29) is 11.1 Å². The number of hydrogen-bond donors (Lipinski definition) is 0. The van der Waals surface area contributed by atoms with Crippen LogP contribution in [0, 0.1) is 46.0 Å². The fraction of sp³-hybridized carbons (Fsp3) is 0.167. The highest BCUT2D eigenvalue weighted by atomic mass is 16.9. The van der Waals surface area contributed by atoms with E-state index < -0.39 is 27.2 Å². The second kappa shape index (κ2) is 28.4. The lowest BCUT2D eigenvalue weighted by Crippen LogP contribution is -2.33. The first-order valence-corrected chi connectivity index (χ1v) is 21.0. The predicted molar refractivity (Wildman–Crippen MR) is 252 cm³/mol. The van der Waals surface area contributed by atoms with Crippen molar-refractivity contribution in [3.63, 3.8) is 0 Å². The largest absolute Gasteiger partial charge is 0.494 e. The molecule has 4 aromatic heterocycles. The molecule has 0 aliphatic heterocycles. The number of ether oxygens (including phenoxy) is 3. The molecule has 71 heavy (non-hydrogen) atoms. The van der Waals surface area contributed by atoms with E-state index in [0.717, 1.165) is 66.1 Å². The number of carbonyl (C=O) groups is 2. The molecule has 7 rings (SSSR count). The Morgan fingerprint density at radius 2 is 0.859 bits per heavy atom. The highest BCUT2D eigenvalue weighted by Gasteiger charge is 2.15. The molecule has 0 saturated heterocycles. The lowest BCUT2D eigenvalue weighted by Gasteiger charge is -2.09. The maximum atomic E-state index is 12.0. The molecular weight excluding hydrogens is 927 g/mol. The summed E-state index contributed by atoms with van der Waals surface area (Å²) in [4.78, 5) is 52.9. The molecule has 0 saturated carbocycles. The van der Waals surface area contributed by atoms with Gasteiger partial charge in [0.1, 0.15) is 12.3 Å². The molecule has 4 heterocycles. The zero-order valence-corrected chi connectivity index (χ0v) is 38.1. The summed E-state index contributed by atoms with van der Waals surface area (Å²) >= 11 is 0. The van der Waals surface area contributed by atoms with E-state index in [1.54, 1.807) is 12.1 Å². The third-order valence-electron chi connectivity index (χ3n) is 9.73. The van der Waals surface area contributed by atoms with E-state index in [2.05, 4.69) is 127 Å². The van der Waals surface area contributed by atoms with Gasteiger partial charge in [0.05, 0.1) is 58.6 Å². The van der Waals surface area contributed by atoms with E-state index in [1.807, 2.05) is 48.8 Å². The SMILES string of the molecule is COC(=O)c1cc(OCCCC[n+]2ccc(-c3cc[n+](Cc4ccc(N=Nc5ccc(C[n+]6ccc(-c7ccncc7)cc6)cc5)cc4)cc3)cc2)cc(C(=O)OC)c1.O=[N+]([O-])[O-].O=[N+]([O-])[O-].O=[N+]([O-])[O-]. The zero-order valence-electron chi connectivity index (χ0n) is 38.1. The topological polar surface area (TPSA) is 310 Å². The minimum atomic E-state index is -1.75. The summed E-state index contributed by atoms with van der Waals surface area (Å²) in [5.41, 5.74) is 9.02. The van der Waals surface area contributed by atoms with Crippen molar-refractivity contribution in [2.45, 2.75) is 32.5 Å². The maximum Gasteiger partial charge on any atom is 0.338 e. The Kier molecular flexibility index (Phi) is 21.5. The number of pyridine rings is 4. The number of aromatic nitrogens is 4. The summed E-state index contributed by atoms with van der Waals surface area (Å²) in [5, 5.41) is 53.2. The van der Waals surface area contributed by atoms with E-state index in [0.29, 0.717) is 12.4 Å². The minimum absolute atomic E-state index is 0.231. The van der Waals surface area contributed by atoms with Crippen LogP contribution >= 0.6 is 0 Å². The van der Waals surface area contributed by atoms with Crippen LogP contribution in [0.3, 0.4) is 0 Å². The molecule has 0 radical (unpaired) electrons. The van der Waals surface area contributed by atoms with Gasteiger partial charge in [-0.05, 0) is 83.3 Å². The highest BCUT2D eigenvalue weighted by molar-refractivity contribution is 5.96. The summed E-state index contributed by atoms with van der Waals surface area (Å²) < 4.78 is 21.9. The smallest absolute Gasteiger partial charge is 0.338 e. The van der Waals surface area contributed by atoms with Crippen molar-refractivity contribution < 1.29 is 52.8 Å². The van der Waals surface area contributed by atoms with Crippen LogP contribution in [-0.4, -0.2) is 53.0 Å². The van der Waals surface area contributed by atoms with Gasteiger partial charge in [-0.2, -0.15) is 10.2 Å². The lowest BCUT2D eigenvalue weighted by molar-refractivity contribution is -0.697. The predicted octanol–water partition coefficient (Wildman–Crippen LogP) is 7.51. The third-order valence-corrected chi connectivity index (χ3v) is 9.73. The van der Waals surface area contributed by atoms with Crippen molar-refractivity contribution >= 4 is 23.3 Å². The van der Waals surface area contributed by atoms with Gasteiger partial charge < -0.3 is 60.2 Å². The Bertz CT molecular complexity index is 2760. The fourth-order valence-corrected chi connectivity index (χ4v) is 6.47. The number of aryl methyl sites for hydroxylation is 1. The van der Waals surface area contributed by atoms with E-state index in [9.17, 15) is 9.59 Å². The van der Waals surface area contributed by atoms with Crippen molar-refractivity contribution in [3.8, 4) is 28.0 Å². The summed E-state index contributed by atoms with van der Waals surface area (Å²) in [7, 11) is 2.58. The Hall–Kier alpha value is -9.80. The van der Waals surface area contributed by atoms with Crippen LogP contribution in [0.2, 0.25) is 0 Å². The second-order valence-electron chi connectivity index (χ2n) is 14.6. The van der Waals surface area contributed by atoms with Crippen LogP contribution < -0.4 is 18.4 Å². The molecule has 0 amide bonds. The average molecular weight is 972 g/mol. The van der Waals surface area contributed by atoms with Crippen LogP contribution in [0.4, 0.5) is 11.4 Å². The van der Waals surface area contributed by atoms with Crippen molar-refractivity contribution in [1.82, 2.24) is 4.98 Å². The molecule has 0 fully saturated rings. The Labute approximate surface area is 404 Å². The van der Waals surface area contributed by atoms with Crippen LogP contribution in [-0.2, 0) is 29.1 Å². The summed E-state index contributed by atoms with van der Waals surface area (Å²) in [6.45, 7) is 2.77. The number of methoxy groups -OCH3 is 2. The number of hydrogen-bond acceptors (Lipinski definition) is 17. The number of benzene rings is 3. The molecule has 0 unspecified atom stereocenters. The number of rotatable bonds is 16. The van der Waals surface area contributed by atoms with E-state index in [4.69, 9.17) is 60.2 Å². The molecule has 0 N–H and O–H groups in total. The van der Waals surface area contributed by atoms with Crippen molar-refractivity contribution in [3.05, 3.63) is 233 Å². The first kappa shape index (κ1) is 53.8. The number of azo groups is 1. The summed E-state index contributed by atoms with van der Waals surface area (Å²) in [6.07, 6.45) is 17.8. The zero-order chi connectivity index (χ0) is 51.5. The average Bonchev–Trinajstić information content (AvgIpc) is 3.36. The van der Waals surface area contributed by atoms with Gasteiger partial charge in [0, 0.05) is 66.3 Å². The Morgan fingerprint density at radius 3 is 1.23 bits per heavy atom. The standard InChI is InChI=1S/C48H45N6O5.3NO3/c1-57-47(55)42-31-43(48(56)58-2)33-46(32-42)59-30-4-3-23-52-24-15-40(16-25-52)41-19-28-54(29-20-41)35-37-7-11-45(12-8-37)51-50-44-9-5-36(6-10-44)34-53-26-17-39(18-27-53)38-13-21-49-22-14-38;3*2-1(3)4/h5-22,24-29,31-33H,3-4,23,30,34-35H2,1-2H3;;;/q+3;3*-1. The summed E-state index contributed by atoms with van der Waals surface area (Å²) in [5.74, 6) is -0.681. The van der Waals surface area contributed by atoms with Crippen LogP contribution in [0.25, 0.3) is 22.3 Å². The van der Waals surface area contributed by atoms with Crippen LogP contribution in [0.15, 0.2) is 175 Å². The van der Waals surface area contributed by atoms with E-state index >= 15 is 0 Å². The van der Waals surface area contributed by atoms with Crippen LogP contribution in [0.1, 0.15) is 44.7 Å². The summed E-state index contributed by atoms with van der Waals surface area (Å²) in [6, 6.07) is 37.6. The monoisotopic (exact) mass is 971 g/mol. The van der Waals surface area contributed by atoms with E-state index in [1.165, 1.54) is 31.4 Å². The molecule has 0 aliphatic carbocycles. The van der Waals surface area contributed by atoms with Gasteiger partial charge in [0.25, 0.3) is 0 Å². The first-order chi connectivity index (χ1) is 34.1. The normalized spacial score (nSPS) is 10.2. The minimum Gasteiger partial charge on any atom is -0.494 e. The van der Waals surface area contributed by atoms with Gasteiger partial charge in [-0.15, -0.1) is 0 Å².